The average molecular weight is 358 g/mol. The van der Waals surface area contributed by atoms with Gasteiger partial charge in [0, 0.05) is 28.4 Å². The van der Waals surface area contributed by atoms with Gasteiger partial charge in [-0.1, -0.05) is 35.4 Å². The van der Waals surface area contributed by atoms with Crippen molar-refractivity contribution in [2.45, 2.75) is 20.4 Å². The van der Waals surface area contributed by atoms with E-state index in [0.717, 1.165) is 11.1 Å². The Bertz CT molecular complexity index is 916. The van der Waals surface area contributed by atoms with Crippen molar-refractivity contribution >= 4 is 23.3 Å². The molecule has 1 N–H and O–H groups in total. The minimum Gasteiger partial charge on any atom is -0.305 e. The maximum Gasteiger partial charge on any atom is 0.257 e. The highest BCUT2D eigenvalue weighted by atomic mass is 35.5. The number of carbonyl (C=O) groups excluding carboxylic acids is 1. The Labute approximate surface area is 150 Å². The molecular formula is C19H17ClFN3O. The fourth-order valence-electron chi connectivity index (χ4n) is 2.61. The second-order valence-corrected chi connectivity index (χ2v) is 6.28. The van der Waals surface area contributed by atoms with Gasteiger partial charge in [-0.25, -0.2) is 4.39 Å². The van der Waals surface area contributed by atoms with E-state index in [4.69, 9.17) is 11.6 Å². The Hall–Kier alpha value is -2.66. The van der Waals surface area contributed by atoms with E-state index in [1.165, 1.54) is 10.7 Å². The molecule has 0 bridgehead atoms. The molecule has 2 aromatic carbocycles. The van der Waals surface area contributed by atoms with Crippen LogP contribution >= 0.6 is 11.6 Å². The lowest BCUT2D eigenvalue weighted by Gasteiger charge is -2.07. The molecule has 3 rings (SSSR count). The minimum atomic E-state index is -0.385. The number of nitrogens with zero attached hydrogens (tertiary/aromatic N) is 2. The first kappa shape index (κ1) is 17.2. The molecule has 1 amide bonds. The first-order valence-corrected chi connectivity index (χ1v) is 8.17. The van der Waals surface area contributed by atoms with Crippen LogP contribution in [0.5, 0.6) is 0 Å². The van der Waals surface area contributed by atoms with Crippen molar-refractivity contribution in [3.05, 3.63) is 81.8 Å². The predicted octanol–water partition coefficient (Wildman–Crippen LogP) is 4.59. The largest absolute Gasteiger partial charge is 0.305 e. The number of amides is 1. The molecule has 0 unspecified atom stereocenters. The number of aromatic nitrogens is 2. The zero-order chi connectivity index (χ0) is 18.0. The van der Waals surface area contributed by atoms with E-state index in [1.807, 2.05) is 26.0 Å². The summed E-state index contributed by atoms with van der Waals surface area (Å²) < 4.78 is 15.4. The summed E-state index contributed by atoms with van der Waals surface area (Å²) in [6, 6.07) is 11.8. The van der Waals surface area contributed by atoms with Crippen molar-refractivity contribution in [3.63, 3.8) is 0 Å². The highest BCUT2D eigenvalue weighted by Gasteiger charge is 2.12. The summed E-state index contributed by atoms with van der Waals surface area (Å²) in [5, 5.41) is 7.36. The summed E-state index contributed by atoms with van der Waals surface area (Å²) in [5.41, 5.74) is 2.95. The van der Waals surface area contributed by atoms with Gasteiger partial charge in [0.1, 0.15) is 5.82 Å². The molecule has 128 valence electrons. The Balaban J connectivity index is 1.74. The van der Waals surface area contributed by atoms with Crippen LogP contribution in [0.15, 0.2) is 48.7 Å². The Kier molecular flexibility index (Phi) is 4.86. The van der Waals surface area contributed by atoms with Crippen molar-refractivity contribution in [1.82, 2.24) is 9.78 Å². The van der Waals surface area contributed by atoms with Crippen LogP contribution in [-0.4, -0.2) is 15.7 Å². The molecule has 0 aliphatic rings. The van der Waals surface area contributed by atoms with Crippen molar-refractivity contribution in [2.24, 2.45) is 0 Å². The van der Waals surface area contributed by atoms with Gasteiger partial charge in [-0.2, -0.15) is 5.10 Å². The number of anilines is 1. The van der Waals surface area contributed by atoms with Crippen molar-refractivity contribution in [3.8, 4) is 0 Å². The third-order valence-electron chi connectivity index (χ3n) is 3.89. The topological polar surface area (TPSA) is 46.9 Å². The number of carbonyl (C=O) groups is 1. The number of benzene rings is 2. The predicted molar refractivity (Wildman–Crippen MR) is 96.6 cm³/mol. The van der Waals surface area contributed by atoms with Crippen LogP contribution in [0.4, 0.5) is 10.2 Å². The summed E-state index contributed by atoms with van der Waals surface area (Å²) in [4.78, 5) is 12.4. The fraction of sp³-hybridized carbons (Fsp3) is 0.158. The number of hydrogen-bond donors (Lipinski definition) is 1. The van der Waals surface area contributed by atoms with Gasteiger partial charge in [0.15, 0.2) is 5.82 Å². The van der Waals surface area contributed by atoms with Crippen LogP contribution < -0.4 is 5.32 Å². The van der Waals surface area contributed by atoms with E-state index in [2.05, 4.69) is 10.4 Å². The summed E-state index contributed by atoms with van der Waals surface area (Å²) >= 11 is 6.03. The molecule has 0 spiro atoms. The first-order chi connectivity index (χ1) is 11.9. The van der Waals surface area contributed by atoms with Crippen molar-refractivity contribution in [2.75, 3.05) is 5.32 Å². The van der Waals surface area contributed by atoms with Crippen molar-refractivity contribution in [1.29, 1.82) is 0 Å². The smallest absolute Gasteiger partial charge is 0.257 e. The molecular weight excluding hydrogens is 341 g/mol. The lowest BCUT2D eigenvalue weighted by Crippen LogP contribution is -2.14. The standard InChI is InChI=1S/C19H17ClFN3O/c1-12-6-7-14(13(2)10-12)19(25)22-18-8-9-24(23-18)11-15-16(20)4-3-5-17(15)21/h3-10H,11H2,1-2H3,(H,22,23,25). The minimum absolute atomic E-state index is 0.185. The lowest BCUT2D eigenvalue weighted by molar-refractivity contribution is 0.102. The van der Waals surface area contributed by atoms with Gasteiger partial charge in [0.2, 0.25) is 0 Å². The number of aryl methyl sites for hydroxylation is 2. The molecule has 0 saturated carbocycles. The molecule has 0 saturated heterocycles. The molecule has 0 fully saturated rings. The Morgan fingerprint density at radius 2 is 2.04 bits per heavy atom. The van der Waals surface area contributed by atoms with E-state index >= 15 is 0 Å². The third kappa shape index (κ3) is 3.88. The second-order valence-electron chi connectivity index (χ2n) is 5.87. The normalized spacial score (nSPS) is 10.7. The number of halogens is 2. The van der Waals surface area contributed by atoms with Gasteiger partial charge in [0.05, 0.1) is 6.54 Å². The quantitative estimate of drug-likeness (QED) is 0.742. The van der Waals surface area contributed by atoms with Gasteiger partial charge < -0.3 is 5.32 Å². The molecule has 25 heavy (non-hydrogen) atoms. The van der Waals surface area contributed by atoms with E-state index < -0.39 is 0 Å². The highest BCUT2D eigenvalue weighted by molar-refractivity contribution is 6.31. The maximum absolute atomic E-state index is 13.9. The molecule has 1 aromatic heterocycles. The average Bonchev–Trinajstić information content (AvgIpc) is 2.98. The van der Waals surface area contributed by atoms with Gasteiger partial charge in [-0.05, 0) is 37.6 Å². The first-order valence-electron chi connectivity index (χ1n) is 7.79. The maximum atomic E-state index is 13.9. The van der Waals surface area contributed by atoms with Crippen LogP contribution in [-0.2, 0) is 6.54 Å². The van der Waals surface area contributed by atoms with Crippen LogP contribution in [0, 0.1) is 19.7 Å². The Morgan fingerprint density at radius 3 is 2.76 bits per heavy atom. The molecule has 0 aliphatic carbocycles. The van der Waals surface area contributed by atoms with Crippen LogP contribution in [0.25, 0.3) is 0 Å². The van der Waals surface area contributed by atoms with Gasteiger partial charge in [-0.3, -0.25) is 9.48 Å². The van der Waals surface area contributed by atoms with E-state index in [9.17, 15) is 9.18 Å². The van der Waals surface area contributed by atoms with Crippen molar-refractivity contribution < 1.29 is 9.18 Å². The fourth-order valence-corrected chi connectivity index (χ4v) is 2.84. The van der Waals surface area contributed by atoms with Gasteiger partial charge in [-0.15, -0.1) is 0 Å². The molecule has 0 atom stereocenters. The van der Waals surface area contributed by atoms with Crippen LogP contribution in [0.1, 0.15) is 27.0 Å². The third-order valence-corrected chi connectivity index (χ3v) is 4.24. The number of hydrogen-bond acceptors (Lipinski definition) is 2. The molecule has 0 aliphatic heterocycles. The van der Waals surface area contributed by atoms with E-state index in [0.29, 0.717) is 22.0 Å². The molecule has 4 nitrogen and oxygen atoms in total. The van der Waals surface area contributed by atoms with E-state index in [1.54, 1.807) is 30.5 Å². The summed E-state index contributed by atoms with van der Waals surface area (Å²) in [6.45, 7) is 4.05. The summed E-state index contributed by atoms with van der Waals surface area (Å²) in [6.07, 6.45) is 1.67. The van der Waals surface area contributed by atoms with Crippen LogP contribution in [0.3, 0.4) is 0 Å². The SMILES string of the molecule is Cc1ccc(C(=O)Nc2ccn(Cc3c(F)cccc3Cl)n2)c(C)c1. The molecule has 6 heteroatoms. The summed E-state index contributed by atoms with van der Waals surface area (Å²) in [7, 11) is 0. The van der Waals surface area contributed by atoms with Gasteiger partial charge >= 0.3 is 0 Å². The second kappa shape index (κ2) is 7.07. The molecule has 3 aromatic rings. The highest BCUT2D eigenvalue weighted by Crippen LogP contribution is 2.20. The number of nitrogens with one attached hydrogen (secondary N) is 1. The monoisotopic (exact) mass is 357 g/mol. The number of rotatable bonds is 4. The molecule has 1 heterocycles. The summed E-state index contributed by atoms with van der Waals surface area (Å²) in [5.74, 6) is -0.215. The Morgan fingerprint density at radius 1 is 1.24 bits per heavy atom. The molecule has 0 radical (unpaired) electrons. The van der Waals surface area contributed by atoms with Gasteiger partial charge in [0.25, 0.3) is 5.91 Å². The van der Waals surface area contributed by atoms with Crippen LogP contribution in [0.2, 0.25) is 5.02 Å². The lowest BCUT2D eigenvalue weighted by atomic mass is 10.1. The zero-order valence-electron chi connectivity index (χ0n) is 13.9. The zero-order valence-corrected chi connectivity index (χ0v) is 14.6. The van der Waals surface area contributed by atoms with E-state index in [-0.39, 0.29) is 18.3 Å².